The molecule has 27 heavy (non-hydrogen) atoms. The average molecular weight is 390 g/mol. The summed E-state index contributed by atoms with van der Waals surface area (Å²) in [4.78, 5) is 15.4. The van der Waals surface area contributed by atoms with Crippen molar-refractivity contribution in [1.29, 1.82) is 0 Å². The van der Waals surface area contributed by atoms with Crippen molar-refractivity contribution in [3.05, 3.63) is 58.5 Å². The Labute approximate surface area is 157 Å². The molecule has 0 aliphatic rings. The van der Waals surface area contributed by atoms with Crippen molar-refractivity contribution in [3.8, 4) is 11.5 Å². The van der Waals surface area contributed by atoms with E-state index in [1.807, 2.05) is 19.1 Å². The Morgan fingerprint density at radius 1 is 1.15 bits per heavy atom. The summed E-state index contributed by atoms with van der Waals surface area (Å²) in [5, 5.41) is 0. The number of para-hydroxylation sites is 2. The van der Waals surface area contributed by atoms with E-state index in [0.717, 1.165) is 6.26 Å². The summed E-state index contributed by atoms with van der Waals surface area (Å²) in [6.07, 6.45) is 1.16. The zero-order valence-corrected chi connectivity index (χ0v) is 16.2. The molecule has 0 unspecified atom stereocenters. The van der Waals surface area contributed by atoms with Gasteiger partial charge in [-0.3, -0.25) is 4.57 Å². The molecule has 0 bridgehead atoms. The van der Waals surface area contributed by atoms with Gasteiger partial charge in [-0.25, -0.2) is 13.2 Å². The molecule has 7 nitrogen and oxygen atoms in total. The number of hydrogen-bond donors (Lipinski definition) is 1. The Kier molecular flexibility index (Phi) is 5.27. The Bertz CT molecular complexity index is 1110. The molecule has 3 aromatic rings. The average Bonchev–Trinajstić information content (AvgIpc) is 2.95. The van der Waals surface area contributed by atoms with Gasteiger partial charge in [0.25, 0.3) is 0 Å². The van der Waals surface area contributed by atoms with E-state index in [1.165, 1.54) is 11.7 Å². The van der Waals surface area contributed by atoms with Crippen LogP contribution < -0.4 is 15.2 Å². The first-order chi connectivity index (χ1) is 12.8. The molecule has 0 aliphatic carbocycles. The molecule has 1 aromatic heterocycles. The van der Waals surface area contributed by atoms with Crippen LogP contribution in [-0.2, 0) is 9.84 Å². The summed E-state index contributed by atoms with van der Waals surface area (Å²) >= 11 is 0. The van der Waals surface area contributed by atoms with E-state index >= 15 is 0 Å². The van der Waals surface area contributed by atoms with Crippen molar-refractivity contribution >= 4 is 20.9 Å². The van der Waals surface area contributed by atoms with Crippen molar-refractivity contribution < 1.29 is 17.9 Å². The fraction of sp³-hybridized carbons (Fsp3) is 0.316. The number of aromatic nitrogens is 2. The molecule has 8 heteroatoms. The Hall–Kier alpha value is -2.74. The zero-order valence-electron chi connectivity index (χ0n) is 15.4. The molecule has 0 aliphatic heterocycles. The number of fused-ring (bicyclic) bond motifs is 1. The van der Waals surface area contributed by atoms with Gasteiger partial charge in [0.1, 0.15) is 9.84 Å². The van der Waals surface area contributed by atoms with Gasteiger partial charge in [0.15, 0.2) is 11.5 Å². The fourth-order valence-electron chi connectivity index (χ4n) is 3.16. The third-order valence-electron chi connectivity index (χ3n) is 4.27. The highest BCUT2D eigenvalue weighted by atomic mass is 32.2. The number of rotatable bonds is 7. The van der Waals surface area contributed by atoms with Gasteiger partial charge in [0.2, 0.25) is 0 Å². The lowest BCUT2D eigenvalue weighted by Gasteiger charge is -2.20. The summed E-state index contributed by atoms with van der Waals surface area (Å²) < 4.78 is 36.6. The van der Waals surface area contributed by atoms with Crippen LogP contribution >= 0.6 is 0 Å². The molecular formula is C19H22N2O5S. The molecule has 1 atom stereocenters. The molecule has 2 aromatic carbocycles. The van der Waals surface area contributed by atoms with Gasteiger partial charge >= 0.3 is 5.69 Å². The first-order valence-corrected chi connectivity index (χ1v) is 10.6. The monoisotopic (exact) mass is 390 g/mol. The minimum absolute atomic E-state index is 0.216. The first kappa shape index (κ1) is 19.0. The summed E-state index contributed by atoms with van der Waals surface area (Å²) in [7, 11) is -1.83. The third kappa shape index (κ3) is 4.00. The Morgan fingerprint density at radius 3 is 2.56 bits per heavy atom. The number of benzene rings is 2. The normalized spacial score (nSPS) is 12.9. The number of sulfone groups is 1. The van der Waals surface area contributed by atoms with Crippen LogP contribution in [0.15, 0.2) is 47.3 Å². The number of H-pyrrole nitrogens is 1. The number of nitrogens with one attached hydrogen (secondary N) is 1. The van der Waals surface area contributed by atoms with E-state index in [9.17, 15) is 13.2 Å². The third-order valence-corrected chi connectivity index (χ3v) is 5.19. The van der Waals surface area contributed by atoms with E-state index in [4.69, 9.17) is 9.47 Å². The van der Waals surface area contributed by atoms with E-state index in [0.29, 0.717) is 34.7 Å². The van der Waals surface area contributed by atoms with Gasteiger partial charge in [-0.05, 0) is 36.8 Å². The van der Waals surface area contributed by atoms with Gasteiger partial charge in [0, 0.05) is 6.26 Å². The number of ether oxygens (including phenoxy) is 2. The number of nitrogens with zero attached hydrogens (tertiary/aromatic N) is 1. The standard InChI is InChI=1S/C19H22N2O5S/c1-4-26-18-11-13(9-10-17(18)25-2)16(12-27(3,23)24)21-15-8-6-5-7-14(15)20-19(21)22/h5-11,16H,4,12H2,1-3H3,(H,20,22)/t16-/m1/s1. The molecule has 3 rings (SSSR count). The number of imidazole rings is 1. The fourth-order valence-corrected chi connectivity index (χ4v) is 4.07. The number of hydrogen-bond acceptors (Lipinski definition) is 5. The molecule has 0 spiro atoms. The Balaban J connectivity index is 2.22. The predicted octanol–water partition coefficient (Wildman–Crippen LogP) is 2.37. The molecule has 0 radical (unpaired) electrons. The quantitative estimate of drug-likeness (QED) is 0.669. The summed E-state index contributed by atoms with van der Waals surface area (Å²) in [5.74, 6) is 0.834. The predicted molar refractivity (Wildman–Crippen MR) is 105 cm³/mol. The van der Waals surface area contributed by atoms with Crippen molar-refractivity contribution in [1.82, 2.24) is 9.55 Å². The van der Waals surface area contributed by atoms with Crippen molar-refractivity contribution in [3.63, 3.8) is 0 Å². The number of methoxy groups -OCH3 is 1. The van der Waals surface area contributed by atoms with Crippen molar-refractivity contribution in [2.24, 2.45) is 0 Å². The second kappa shape index (κ2) is 7.48. The van der Waals surface area contributed by atoms with Crippen LogP contribution in [0.2, 0.25) is 0 Å². The molecule has 0 amide bonds. The van der Waals surface area contributed by atoms with E-state index < -0.39 is 15.9 Å². The molecule has 1 N–H and O–H groups in total. The minimum Gasteiger partial charge on any atom is -0.493 e. The van der Waals surface area contributed by atoms with Crippen molar-refractivity contribution in [2.45, 2.75) is 13.0 Å². The van der Waals surface area contributed by atoms with Crippen molar-refractivity contribution in [2.75, 3.05) is 25.7 Å². The summed E-state index contributed by atoms with van der Waals surface area (Å²) in [5.41, 5.74) is 1.58. The highest BCUT2D eigenvalue weighted by molar-refractivity contribution is 7.90. The highest BCUT2D eigenvalue weighted by Crippen LogP contribution is 2.32. The van der Waals surface area contributed by atoms with Gasteiger partial charge in [0.05, 0.1) is 36.5 Å². The second-order valence-electron chi connectivity index (χ2n) is 6.27. The van der Waals surface area contributed by atoms with Crippen LogP contribution in [0, 0.1) is 0 Å². The molecule has 1 heterocycles. The van der Waals surface area contributed by atoms with Crippen LogP contribution in [0.5, 0.6) is 11.5 Å². The lowest BCUT2D eigenvalue weighted by molar-refractivity contribution is 0.310. The van der Waals surface area contributed by atoms with E-state index in [2.05, 4.69) is 4.98 Å². The van der Waals surface area contributed by atoms with Gasteiger partial charge in [-0.2, -0.15) is 0 Å². The van der Waals surface area contributed by atoms with Gasteiger partial charge in [-0.15, -0.1) is 0 Å². The van der Waals surface area contributed by atoms with Gasteiger partial charge < -0.3 is 14.5 Å². The lowest BCUT2D eigenvalue weighted by atomic mass is 10.1. The molecule has 0 saturated carbocycles. The largest absolute Gasteiger partial charge is 0.493 e. The maximum Gasteiger partial charge on any atom is 0.327 e. The van der Waals surface area contributed by atoms with Crippen LogP contribution in [0.25, 0.3) is 11.0 Å². The molecule has 144 valence electrons. The first-order valence-electron chi connectivity index (χ1n) is 8.51. The molecular weight excluding hydrogens is 368 g/mol. The van der Waals surface area contributed by atoms with Crippen LogP contribution in [0.4, 0.5) is 0 Å². The van der Waals surface area contributed by atoms with E-state index in [1.54, 1.807) is 30.3 Å². The SMILES string of the molecule is CCOc1cc([C@@H](CS(C)(=O)=O)n2c(=O)[nH]c3ccccc32)ccc1OC. The number of aromatic amines is 1. The molecule has 0 saturated heterocycles. The van der Waals surface area contributed by atoms with Crippen LogP contribution in [0.3, 0.4) is 0 Å². The second-order valence-corrected chi connectivity index (χ2v) is 8.45. The lowest BCUT2D eigenvalue weighted by Crippen LogP contribution is -2.28. The highest BCUT2D eigenvalue weighted by Gasteiger charge is 2.24. The maximum atomic E-state index is 12.6. The van der Waals surface area contributed by atoms with Crippen LogP contribution in [0.1, 0.15) is 18.5 Å². The minimum atomic E-state index is -3.37. The Morgan fingerprint density at radius 2 is 1.89 bits per heavy atom. The summed E-state index contributed by atoms with van der Waals surface area (Å²) in [6, 6.07) is 11.7. The zero-order chi connectivity index (χ0) is 19.6. The molecule has 0 fully saturated rings. The summed E-state index contributed by atoms with van der Waals surface area (Å²) in [6.45, 7) is 2.29. The topological polar surface area (TPSA) is 90.4 Å². The maximum absolute atomic E-state index is 12.6. The van der Waals surface area contributed by atoms with E-state index in [-0.39, 0.29) is 11.4 Å². The smallest absolute Gasteiger partial charge is 0.327 e. The van der Waals surface area contributed by atoms with Crippen LogP contribution in [-0.4, -0.2) is 43.7 Å². The van der Waals surface area contributed by atoms with Gasteiger partial charge in [-0.1, -0.05) is 18.2 Å².